The standard InChI is InChI=1S/C13H19NO/c1-10-3-5-11(6-4-10)13(9-14)7-12(2,15)8-13/h3-6,15H,7-9,14H2,1-2H3. The van der Waals surface area contributed by atoms with Gasteiger partial charge in [0.15, 0.2) is 0 Å². The van der Waals surface area contributed by atoms with E-state index < -0.39 is 5.60 Å². The first-order chi connectivity index (χ1) is 6.97. The molecule has 82 valence electrons. The number of nitrogens with two attached hydrogens (primary N) is 1. The third-order valence-electron chi connectivity index (χ3n) is 3.49. The van der Waals surface area contributed by atoms with Gasteiger partial charge in [-0.3, -0.25) is 0 Å². The summed E-state index contributed by atoms with van der Waals surface area (Å²) in [5.74, 6) is 0. The van der Waals surface area contributed by atoms with Crippen LogP contribution in [-0.2, 0) is 5.41 Å². The Hall–Kier alpha value is -0.860. The van der Waals surface area contributed by atoms with Crippen molar-refractivity contribution >= 4 is 0 Å². The second-order valence-corrected chi connectivity index (χ2v) is 5.20. The molecule has 0 unspecified atom stereocenters. The summed E-state index contributed by atoms with van der Waals surface area (Å²) in [6, 6.07) is 8.49. The number of hydrogen-bond donors (Lipinski definition) is 2. The molecule has 0 bridgehead atoms. The molecule has 1 aromatic rings. The zero-order valence-corrected chi connectivity index (χ0v) is 9.46. The molecule has 2 heteroatoms. The Balaban J connectivity index is 2.25. The largest absolute Gasteiger partial charge is 0.390 e. The van der Waals surface area contributed by atoms with Crippen molar-refractivity contribution in [2.45, 2.75) is 37.7 Å². The smallest absolute Gasteiger partial charge is 0.0637 e. The Kier molecular flexibility index (Phi) is 2.36. The molecule has 1 aromatic carbocycles. The molecule has 0 heterocycles. The zero-order valence-electron chi connectivity index (χ0n) is 9.46. The fraction of sp³-hybridized carbons (Fsp3) is 0.538. The molecular weight excluding hydrogens is 186 g/mol. The van der Waals surface area contributed by atoms with Crippen molar-refractivity contribution in [3.8, 4) is 0 Å². The van der Waals surface area contributed by atoms with E-state index in [-0.39, 0.29) is 5.41 Å². The molecular formula is C13H19NO. The molecule has 0 spiro atoms. The summed E-state index contributed by atoms with van der Waals surface area (Å²) in [5, 5.41) is 9.84. The Morgan fingerprint density at radius 1 is 1.27 bits per heavy atom. The highest BCUT2D eigenvalue weighted by Gasteiger charge is 2.50. The highest BCUT2D eigenvalue weighted by molar-refractivity contribution is 5.33. The lowest BCUT2D eigenvalue weighted by Gasteiger charge is -2.52. The van der Waals surface area contributed by atoms with Crippen LogP contribution >= 0.6 is 0 Å². The Labute approximate surface area is 91.1 Å². The second kappa shape index (κ2) is 3.32. The van der Waals surface area contributed by atoms with Gasteiger partial charge >= 0.3 is 0 Å². The molecule has 15 heavy (non-hydrogen) atoms. The van der Waals surface area contributed by atoms with Crippen LogP contribution in [0.4, 0.5) is 0 Å². The van der Waals surface area contributed by atoms with Gasteiger partial charge in [0.05, 0.1) is 5.60 Å². The minimum absolute atomic E-state index is 0.0111. The predicted molar refractivity (Wildman–Crippen MR) is 61.8 cm³/mol. The van der Waals surface area contributed by atoms with Crippen LogP contribution in [0.1, 0.15) is 30.9 Å². The van der Waals surface area contributed by atoms with E-state index in [9.17, 15) is 5.11 Å². The van der Waals surface area contributed by atoms with Gasteiger partial charge in [-0.15, -0.1) is 0 Å². The number of aryl methyl sites for hydroxylation is 1. The normalized spacial score (nSPS) is 34.9. The fourth-order valence-electron chi connectivity index (χ4n) is 2.78. The van der Waals surface area contributed by atoms with Crippen molar-refractivity contribution in [3.63, 3.8) is 0 Å². The number of benzene rings is 1. The quantitative estimate of drug-likeness (QED) is 0.772. The van der Waals surface area contributed by atoms with Gasteiger partial charge in [-0.05, 0) is 32.3 Å². The zero-order chi connectivity index (χ0) is 11.1. The van der Waals surface area contributed by atoms with Crippen LogP contribution in [0.5, 0.6) is 0 Å². The molecule has 1 saturated carbocycles. The lowest BCUT2D eigenvalue weighted by Crippen LogP contribution is -2.56. The van der Waals surface area contributed by atoms with Gasteiger partial charge < -0.3 is 10.8 Å². The minimum Gasteiger partial charge on any atom is -0.390 e. The molecule has 1 aliphatic rings. The maximum absolute atomic E-state index is 9.84. The van der Waals surface area contributed by atoms with Gasteiger partial charge in [-0.25, -0.2) is 0 Å². The highest BCUT2D eigenvalue weighted by Crippen LogP contribution is 2.49. The molecule has 1 aliphatic carbocycles. The number of rotatable bonds is 2. The van der Waals surface area contributed by atoms with E-state index in [1.165, 1.54) is 11.1 Å². The average molecular weight is 205 g/mol. The van der Waals surface area contributed by atoms with E-state index in [0.717, 1.165) is 12.8 Å². The van der Waals surface area contributed by atoms with Gasteiger partial charge in [0.1, 0.15) is 0 Å². The van der Waals surface area contributed by atoms with E-state index in [4.69, 9.17) is 5.73 Å². The Morgan fingerprint density at radius 2 is 1.80 bits per heavy atom. The van der Waals surface area contributed by atoms with Crippen LogP contribution < -0.4 is 5.73 Å². The number of hydrogen-bond acceptors (Lipinski definition) is 2. The van der Waals surface area contributed by atoms with Crippen molar-refractivity contribution in [1.29, 1.82) is 0 Å². The van der Waals surface area contributed by atoms with Crippen molar-refractivity contribution in [1.82, 2.24) is 0 Å². The van der Waals surface area contributed by atoms with Gasteiger partial charge in [0.2, 0.25) is 0 Å². The topological polar surface area (TPSA) is 46.2 Å². The molecule has 0 aliphatic heterocycles. The first-order valence-electron chi connectivity index (χ1n) is 5.47. The molecule has 0 amide bonds. The maximum atomic E-state index is 9.84. The van der Waals surface area contributed by atoms with E-state index in [1.54, 1.807) is 0 Å². The summed E-state index contributed by atoms with van der Waals surface area (Å²) < 4.78 is 0. The molecule has 0 atom stereocenters. The Bertz CT molecular complexity index is 345. The monoisotopic (exact) mass is 205 g/mol. The van der Waals surface area contributed by atoms with Crippen LogP contribution in [0.25, 0.3) is 0 Å². The summed E-state index contributed by atoms with van der Waals surface area (Å²) in [7, 11) is 0. The Morgan fingerprint density at radius 3 is 2.20 bits per heavy atom. The van der Waals surface area contributed by atoms with Crippen LogP contribution in [0, 0.1) is 6.92 Å². The summed E-state index contributed by atoms with van der Waals surface area (Å²) >= 11 is 0. The van der Waals surface area contributed by atoms with Crippen LogP contribution in [0.15, 0.2) is 24.3 Å². The van der Waals surface area contributed by atoms with Crippen molar-refractivity contribution in [3.05, 3.63) is 35.4 Å². The minimum atomic E-state index is -0.524. The molecule has 0 aromatic heterocycles. The van der Waals surface area contributed by atoms with Crippen molar-refractivity contribution < 1.29 is 5.11 Å². The fourth-order valence-corrected chi connectivity index (χ4v) is 2.78. The maximum Gasteiger partial charge on any atom is 0.0637 e. The molecule has 1 fully saturated rings. The van der Waals surface area contributed by atoms with Gasteiger partial charge in [-0.1, -0.05) is 29.8 Å². The summed E-state index contributed by atoms with van der Waals surface area (Å²) in [6.07, 6.45) is 1.55. The SMILES string of the molecule is Cc1ccc(C2(CN)CC(C)(O)C2)cc1. The first-order valence-corrected chi connectivity index (χ1v) is 5.47. The summed E-state index contributed by atoms with van der Waals surface area (Å²) in [4.78, 5) is 0. The molecule has 0 radical (unpaired) electrons. The van der Waals surface area contributed by atoms with Crippen LogP contribution in [0.2, 0.25) is 0 Å². The lowest BCUT2D eigenvalue weighted by molar-refractivity contribution is -0.0726. The van der Waals surface area contributed by atoms with Crippen molar-refractivity contribution in [2.24, 2.45) is 5.73 Å². The van der Waals surface area contributed by atoms with E-state index in [1.807, 2.05) is 6.92 Å². The van der Waals surface area contributed by atoms with Crippen molar-refractivity contribution in [2.75, 3.05) is 6.54 Å². The third kappa shape index (κ3) is 1.80. The van der Waals surface area contributed by atoms with Gasteiger partial charge in [-0.2, -0.15) is 0 Å². The van der Waals surface area contributed by atoms with Gasteiger partial charge in [0.25, 0.3) is 0 Å². The van der Waals surface area contributed by atoms with E-state index >= 15 is 0 Å². The second-order valence-electron chi connectivity index (χ2n) is 5.20. The molecule has 0 saturated heterocycles. The lowest BCUT2D eigenvalue weighted by atomic mass is 9.57. The average Bonchev–Trinajstić information content (AvgIpc) is 2.14. The first kappa shape index (κ1) is 10.7. The molecule has 3 N–H and O–H groups in total. The molecule has 2 nitrogen and oxygen atoms in total. The summed E-state index contributed by atoms with van der Waals surface area (Å²) in [5.41, 5.74) is 7.86. The molecule has 2 rings (SSSR count). The summed E-state index contributed by atoms with van der Waals surface area (Å²) in [6.45, 7) is 4.58. The van der Waals surface area contributed by atoms with E-state index in [2.05, 4.69) is 31.2 Å². The van der Waals surface area contributed by atoms with Gasteiger partial charge in [0, 0.05) is 12.0 Å². The highest BCUT2D eigenvalue weighted by atomic mass is 16.3. The van der Waals surface area contributed by atoms with Crippen LogP contribution in [0.3, 0.4) is 0 Å². The van der Waals surface area contributed by atoms with E-state index in [0.29, 0.717) is 6.54 Å². The van der Waals surface area contributed by atoms with Crippen LogP contribution in [-0.4, -0.2) is 17.3 Å². The predicted octanol–water partition coefficient (Wildman–Crippen LogP) is 1.74. The number of aliphatic hydroxyl groups is 1. The third-order valence-corrected chi connectivity index (χ3v) is 3.49.